The summed E-state index contributed by atoms with van der Waals surface area (Å²) < 4.78 is 0. The van der Waals surface area contributed by atoms with Gasteiger partial charge in [-0.1, -0.05) is 45.4 Å². The summed E-state index contributed by atoms with van der Waals surface area (Å²) in [7, 11) is 0. The molecule has 76 valence electrons. The van der Waals surface area contributed by atoms with Gasteiger partial charge in [0.2, 0.25) is 6.04 Å². The zero-order valence-electron chi connectivity index (χ0n) is 9.18. The quantitative estimate of drug-likeness (QED) is 0.385. The lowest BCUT2D eigenvalue weighted by atomic mass is 10.1. The van der Waals surface area contributed by atoms with Crippen LogP contribution in [0.25, 0.3) is 4.85 Å². The Balaban J connectivity index is 2.96. The van der Waals surface area contributed by atoms with Crippen molar-refractivity contribution >= 4 is 0 Å². The summed E-state index contributed by atoms with van der Waals surface area (Å²) in [5, 5.41) is 0. The summed E-state index contributed by atoms with van der Waals surface area (Å²) in [6.07, 6.45) is 10.5. The Kier molecular flexibility index (Phi) is 9.20. The first-order valence-electron chi connectivity index (χ1n) is 5.67. The molecule has 0 bridgehead atoms. The number of nitrogens with zero attached hydrogens (tertiary/aromatic N) is 1. The minimum atomic E-state index is 0.246. The first kappa shape index (κ1) is 12.5. The second kappa shape index (κ2) is 9.58. The Bertz CT molecular complexity index is 135. The standard InChI is InChI=1S/C12H23N/c1-4-5-6-7-8-9-10-11-12(2)13-3/h12H,4-11H2,1-2H3. The lowest BCUT2D eigenvalue weighted by molar-refractivity contribution is 0.565. The Morgan fingerprint density at radius 1 is 1.00 bits per heavy atom. The van der Waals surface area contributed by atoms with Crippen molar-refractivity contribution in [2.75, 3.05) is 0 Å². The molecule has 0 aliphatic rings. The Morgan fingerprint density at radius 2 is 1.54 bits per heavy atom. The van der Waals surface area contributed by atoms with Crippen LogP contribution in [0.1, 0.15) is 65.2 Å². The fourth-order valence-electron chi connectivity index (χ4n) is 1.46. The normalized spacial score (nSPS) is 12.4. The third-order valence-corrected chi connectivity index (χ3v) is 2.45. The molecule has 0 spiro atoms. The molecular weight excluding hydrogens is 158 g/mol. The van der Waals surface area contributed by atoms with Crippen molar-refractivity contribution in [3.63, 3.8) is 0 Å². The van der Waals surface area contributed by atoms with Crippen LogP contribution in [-0.4, -0.2) is 6.04 Å². The van der Waals surface area contributed by atoms with Crippen LogP contribution in [0.4, 0.5) is 0 Å². The third kappa shape index (κ3) is 9.40. The van der Waals surface area contributed by atoms with Gasteiger partial charge in [-0.2, -0.15) is 0 Å². The van der Waals surface area contributed by atoms with Crippen LogP contribution in [0, 0.1) is 6.57 Å². The highest BCUT2D eigenvalue weighted by Gasteiger charge is 2.01. The molecule has 13 heavy (non-hydrogen) atoms. The molecule has 0 heterocycles. The lowest BCUT2D eigenvalue weighted by Crippen LogP contribution is -1.93. The predicted molar refractivity (Wildman–Crippen MR) is 58.7 cm³/mol. The molecule has 0 aliphatic carbocycles. The Labute approximate surface area is 83.4 Å². The molecule has 1 unspecified atom stereocenters. The molecule has 0 N–H and O–H groups in total. The van der Waals surface area contributed by atoms with Gasteiger partial charge in [0, 0.05) is 13.3 Å². The molecule has 0 amide bonds. The molecule has 1 heteroatoms. The molecule has 0 aromatic rings. The zero-order chi connectivity index (χ0) is 9.94. The van der Waals surface area contributed by atoms with Crippen molar-refractivity contribution in [3.8, 4) is 0 Å². The zero-order valence-corrected chi connectivity index (χ0v) is 9.18. The van der Waals surface area contributed by atoms with Gasteiger partial charge in [-0.25, -0.2) is 6.57 Å². The van der Waals surface area contributed by atoms with Crippen LogP contribution in [0.3, 0.4) is 0 Å². The molecule has 0 saturated heterocycles. The maximum absolute atomic E-state index is 6.80. The van der Waals surface area contributed by atoms with E-state index < -0.39 is 0 Å². The summed E-state index contributed by atoms with van der Waals surface area (Å²) >= 11 is 0. The SMILES string of the molecule is [C-]#[N+]C(C)CCCCCCCCC. The van der Waals surface area contributed by atoms with Crippen LogP contribution in [-0.2, 0) is 0 Å². The molecule has 0 aromatic carbocycles. The number of unbranched alkanes of at least 4 members (excludes halogenated alkanes) is 6. The average Bonchev–Trinajstić information content (AvgIpc) is 2.16. The van der Waals surface area contributed by atoms with Gasteiger partial charge in [0.1, 0.15) is 0 Å². The van der Waals surface area contributed by atoms with E-state index in [4.69, 9.17) is 6.57 Å². The average molecular weight is 181 g/mol. The minimum Gasteiger partial charge on any atom is -0.314 e. The second-order valence-corrected chi connectivity index (χ2v) is 3.89. The summed E-state index contributed by atoms with van der Waals surface area (Å²) in [6, 6.07) is 0.246. The number of rotatable bonds is 8. The van der Waals surface area contributed by atoms with E-state index in [0.29, 0.717) is 0 Å². The van der Waals surface area contributed by atoms with Crippen LogP contribution in [0.2, 0.25) is 0 Å². The molecule has 0 aliphatic heterocycles. The smallest absolute Gasteiger partial charge is 0.221 e. The maximum Gasteiger partial charge on any atom is 0.221 e. The van der Waals surface area contributed by atoms with Gasteiger partial charge >= 0.3 is 0 Å². The summed E-state index contributed by atoms with van der Waals surface area (Å²) in [6.45, 7) is 11.1. The monoisotopic (exact) mass is 181 g/mol. The molecule has 0 radical (unpaired) electrons. The predicted octanol–water partition coefficient (Wildman–Crippen LogP) is 4.43. The molecule has 0 fully saturated rings. The fraction of sp³-hybridized carbons (Fsp3) is 0.917. The number of hydrogen-bond acceptors (Lipinski definition) is 0. The molecule has 0 saturated carbocycles. The first-order chi connectivity index (χ1) is 6.31. The minimum absolute atomic E-state index is 0.246. The van der Waals surface area contributed by atoms with E-state index in [0.717, 1.165) is 6.42 Å². The molecule has 1 nitrogen and oxygen atoms in total. The van der Waals surface area contributed by atoms with Crippen LogP contribution in [0.15, 0.2) is 0 Å². The van der Waals surface area contributed by atoms with Crippen molar-refractivity contribution in [1.82, 2.24) is 0 Å². The van der Waals surface area contributed by atoms with Crippen molar-refractivity contribution in [3.05, 3.63) is 11.4 Å². The van der Waals surface area contributed by atoms with E-state index in [1.807, 2.05) is 6.92 Å². The van der Waals surface area contributed by atoms with E-state index in [1.54, 1.807) is 0 Å². The lowest BCUT2D eigenvalue weighted by Gasteiger charge is -2.00. The molecule has 1 atom stereocenters. The van der Waals surface area contributed by atoms with Crippen molar-refractivity contribution in [2.24, 2.45) is 0 Å². The summed E-state index contributed by atoms with van der Waals surface area (Å²) in [5.41, 5.74) is 0. The Morgan fingerprint density at radius 3 is 2.08 bits per heavy atom. The highest BCUT2D eigenvalue weighted by Crippen LogP contribution is 2.10. The summed E-state index contributed by atoms with van der Waals surface area (Å²) in [5.74, 6) is 0. The highest BCUT2D eigenvalue weighted by atomic mass is 14.7. The van der Waals surface area contributed by atoms with E-state index in [-0.39, 0.29) is 6.04 Å². The first-order valence-corrected chi connectivity index (χ1v) is 5.67. The van der Waals surface area contributed by atoms with Crippen LogP contribution >= 0.6 is 0 Å². The van der Waals surface area contributed by atoms with Gasteiger partial charge in [0.25, 0.3) is 0 Å². The van der Waals surface area contributed by atoms with Gasteiger partial charge in [-0.05, 0) is 6.42 Å². The van der Waals surface area contributed by atoms with E-state index in [1.165, 1.54) is 44.9 Å². The highest BCUT2D eigenvalue weighted by molar-refractivity contribution is 4.71. The largest absolute Gasteiger partial charge is 0.314 e. The molecular formula is C12H23N. The van der Waals surface area contributed by atoms with Gasteiger partial charge in [0.15, 0.2) is 0 Å². The van der Waals surface area contributed by atoms with Crippen LogP contribution in [0.5, 0.6) is 0 Å². The third-order valence-electron chi connectivity index (χ3n) is 2.45. The summed E-state index contributed by atoms with van der Waals surface area (Å²) in [4.78, 5) is 3.49. The van der Waals surface area contributed by atoms with Gasteiger partial charge in [-0.15, -0.1) is 0 Å². The molecule has 0 rings (SSSR count). The van der Waals surface area contributed by atoms with Crippen molar-refractivity contribution < 1.29 is 0 Å². The van der Waals surface area contributed by atoms with E-state index in [2.05, 4.69) is 11.8 Å². The van der Waals surface area contributed by atoms with Gasteiger partial charge < -0.3 is 4.85 Å². The van der Waals surface area contributed by atoms with Crippen LogP contribution < -0.4 is 0 Å². The molecule has 0 aromatic heterocycles. The fourth-order valence-corrected chi connectivity index (χ4v) is 1.46. The van der Waals surface area contributed by atoms with Gasteiger partial charge in [-0.3, -0.25) is 0 Å². The topological polar surface area (TPSA) is 4.36 Å². The van der Waals surface area contributed by atoms with Gasteiger partial charge in [0.05, 0.1) is 0 Å². The number of hydrogen-bond donors (Lipinski definition) is 0. The van der Waals surface area contributed by atoms with Crippen molar-refractivity contribution in [2.45, 2.75) is 71.3 Å². The van der Waals surface area contributed by atoms with E-state index >= 15 is 0 Å². The Hall–Kier alpha value is -0.510. The van der Waals surface area contributed by atoms with E-state index in [9.17, 15) is 0 Å². The second-order valence-electron chi connectivity index (χ2n) is 3.89. The maximum atomic E-state index is 6.80. The van der Waals surface area contributed by atoms with Crippen molar-refractivity contribution in [1.29, 1.82) is 0 Å².